The molecule has 3 N–H and O–H groups in total. The fraction of sp³-hybridized carbons (Fsp3) is 0.417. The van der Waals surface area contributed by atoms with Crippen LogP contribution in [0.25, 0.3) is 0 Å². The van der Waals surface area contributed by atoms with Gasteiger partial charge in [-0.15, -0.1) is 0 Å². The van der Waals surface area contributed by atoms with Crippen LogP contribution in [0.2, 0.25) is 0 Å². The molecule has 0 bridgehead atoms. The maximum absolute atomic E-state index is 10.4. The minimum absolute atomic E-state index is 0.234. The topological polar surface area (TPSA) is 64.3 Å². The quantitative estimate of drug-likeness (QED) is 0.721. The van der Waals surface area contributed by atoms with Crippen molar-refractivity contribution >= 4 is 6.09 Å². The third-order valence-electron chi connectivity index (χ3n) is 2.16. The van der Waals surface area contributed by atoms with E-state index in [0.29, 0.717) is 0 Å². The predicted octanol–water partition coefficient (Wildman–Crippen LogP) is 1.78. The molecule has 1 aromatic carbocycles. The summed E-state index contributed by atoms with van der Waals surface area (Å²) in [6.07, 6.45) is 0.388. The van der Waals surface area contributed by atoms with Crippen molar-refractivity contribution in [1.82, 2.24) is 5.32 Å². The number of carbonyl (C=O) groups excluding carboxylic acids is 1. The summed E-state index contributed by atoms with van der Waals surface area (Å²) in [7, 11) is 0. The maximum Gasteiger partial charge on any atom is 0.404 e. The first-order valence-electron chi connectivity index (χ1n) is 5.43. The van der Waals surface area contributed by atoms with Crippen molar-refractivity contribution in [1.29, 1.82) is 0 Å². The van der Waals surface area contributed by atoms with Gasteiger partial charge in [0, 0.05) is 6.54 Å². The molecule has 0 spiro atoms. The number of hydrogen-bond donors (Lipinski definition) is 2. The number of ether oxygens (including phenoxy) is 1. The van der Waals surface area contributed by atoms with Crippen LogP contribution in [0.15, 0.2) is 24.3 Å². The van der Waals surface area contributed by atoms with Crippen molar-refractivity contribution in [3.8, 4) is 0 Å². The molecule has 0 radical (unpaired) electrons. The minimum atomic E-state index is -0.742. The Morgan fingerprint density at radius 1 is 1.31 bits per heavy atom. The van der Waals surface area contributed by atoms with Gasteiger partial charge in [0.15, 0.2) is 0 Å². The number of hydrogen-bond acceptors (Lipinski definition) is 3. The Bertz CT molecular complexity index is 322. The minimum Gasteiger partial charge on any atom is -0.445 e. The van der Waals surface area contributed by atoms with E-state index in [4.69, 9.17) is 5.73 Å². The second-order valence-electron chi connectivity index (χ2n) is 3.60. The largest absolute Gasteiger partial charge is 0.445 e. The molecule has 88 valence electrons. The Morgan fingerprint density at radius 3 is 2.50 bits per heavy atom. The highest BCUT2D eigenvalue weighted by Gasteiger charge is 1.97. The van der Waals surface area contributed by atoms with Gasteiger partial charge in [0.2, 0.25) is 0 Å². The number of nitrogens with two attached hydrogens (primary N) is 1. The van der Waals surface area contributed by atoms with Gasteiger partial charge in [0.1, 0.15) is 6.61 Å². The fourth-order valence-corrected chi connectivity index (χ4v) is 1.32. The Balaban J connectivity index is 2.38. The highest BCUT2D eigenvalue weighted by atomic mass is 16.5. The van der Waals surface area contributed by atoms with Crippen molar-refractivity contribution in [2.75, 3.05) is 6.54 Å². The normalized spacial score (nSPS) is 10.1. The van der Waals surface area contributed by atoms with Crippen molar-refractivity contribution in [2.24, 2.45) is 5.73 Å². The molecule has 1 aromatic rings. The number of nitrogens with one attached hydrogen (secondary N) is 1. The van der Waals surface area contributed by atoms with Crippen LogP contribution in [0.5, 0.6) is 0 Å². The van der Waals surface area contributed by atoms with E-state index in [1.807, 2.05) is 24.3 Å². The zero-order valence-corrected chi connectivity index (χ0v) is 9.53. The van der Waals surface area contributed by atoms with Crippen LogP contribution in [0.1, 0.15) is 24.5 Å². The Hall–Kier alpha value is -1.55. The molecule has 4 heteroatoms. The van der Waals surface area contributed by atoms with E-state index in [0.717, 1.165) is 25.1 Å². The molecule has 0 aliphatic heterocycles. The summed E-state index contributed by atoms with van der Waals surface area (Å²) >= 11 is 0. The van der Waals surface area contributed by atoms with Gasteiger partial charge in [0.05, 0.1) is 0 Å². The van der Waals surface area contributed by atoms with Gasteiger partial charge in [-0.3, -0.25) is 0 Å². The zero-order valence-electron chi connectivity index (χ0n) is 9.53. The number of amides is 1. The second kappa shape index (κ2) is 6.85. The van der Waals surface area contributed by atoms with Crippen LogP contribution < -0.4 is 11.1 Å². The van der Waals surface area contributed by atoms with Crippen LogP contribution in [-0.2, 0) is 17.9 Å². The highest BCUT2D eigenvalue weighted by Crippen LogP contribution is 2.05. The van der Waals surface area contributed by atoms with Crippen LogP contribution in [0.4, 0.5) is 4.79 Å². The molecule has 0 unspecified atom stereocenters. The molecule has 16 heavy (non-hydrogen) atoms. The summed E-state index contributed by atoms with van der Waals surface area (Å²) in [5.74, 6) is 0. The lowest BCUT2D eigenvalue weighted by Crippen LogP contribution is -2.14. The summed E-state index contributed by atoms with van der Waals surface area (Å²) in [5.41, 5.74) is 7.04. The standard InChI is InChI=1S/C12H18N2O2/c1-2-7-14-8-10-3-5-11(6-4-10)9-16-12(13)15/h3-6,14H,2,7-9H2,1H3,(H2,13,15). The first-order valence-corrected chi connectivity index (χ1v) is 5.43. The molecular formula is C12H18N2O2. The third-order valence-corrected chi connectivity index (χ3v) is 2.16. The monoisotopic (exact) mass is 222 g/mol. The average molecular weight is 222 g/mol. The lowest BCUT2D eigenvalue weighted by atomic mass is 10.1. The average Bonchev–Trinajstić information content (AvgIpc) is 2.28. The maximum atomic E-state index is 10.4. The Labute approximate surface area is 95.8 Å². The van der Waals surface area contributed by atoms with Gasteiger partial charge in [-0.25, -0.2) is 4.79 Å². The van der Waals surface area contributed by atoms with Crippen LogP contribution in [0, 0.1) is 0 Å². The fourth-order valence-electron chi connectivity index (χ4n) is 1.32. The third kappa shape index (κ3) is 4.79. The van der Waals surface area contributed by atoms with Gasteiger partial charge in [-0.1, -0.05) is 31.2 Å². The van der Waals surface area contributed by atoms with E-state index in [9.17, 15) is 4.79 Å². The summed E-state index contributed by atoms with van der Waals surface area (Å²) in [6, 6.07) is 7.91. The van der Waals surface area contributed by atoms with E-state index in [1.165, 1.54) is 5.56 Å². The van der Waals surface area contributed by atoms with E-state index < -0.39 is 6.09 Å². The molecule has 0 saturated carbocycles. The molecule has 4 nitrogen and oxygen atoms in total. The summed E-state index contributed by atoms with van der Waals surface area (Å²) in [4.78, 5) is 10.4. The molecule has 0 aliphatic rings. The Kier molecular flexibility index (Phi) is 5.36. The van der Waals surface area contributed by atoms with Crippen LogP contribution in [0.3, 0.4) is 0 Å². The van der Waals surface area contributed by atoms with Crippen LogP contribution in [-0.4, -0.2) is 12.6 Å². The smallest absolute Gasteiger partial charge is 0.404 e. The number of primary amides is 1. The number of benzene rings is 1. The van der Waals surface area contributed by atoms with Gasteiger partial charge in [-0.2, -0.15) is 0 Å². The number of carbonyl (C=O) groups is 1. The molecule has 0 heterocycles. The van der Waals surface area contributed by atoms with Gasteiger partial charge in [0.25, 0.3) is 0 Å². The highest BCUT2D eigenvalue weighted by molar-refractivity contribution is 5.64. The SMILES string of the molecule is CCCNCc1ccc(COC(N)=O)cc1. The zero-order chi connectivity index (χ0) is 11.8. The van der Waals surface area contributed by atoms with Gasteiger partial charge >= 0.3 is 6.09 Å². The van der Waals surface area contributed by atoms with Gasteiger partial charge in [-0.05, 0) is 24.1 Å². The van der Waals surface area contributed by atoms with Crippen molar-refractivity contribution < 1.29 is 9.53 Å². The predicted molar refractivity (Wildman–Crippen MR) is 62.8 cm³/mol. The molecule has 0 fully saturated rings. The van der Waals surface area contributed by atoms with E-state index in [-0.39, 0.29) is 6.61 Å². The molecular weight excluding hydrogens is 204 g/mol. The van der Waals surface area contributed by atoms with E-state index >= 15 is 0 Å². The van der Waals surface area contributed by atoms with Crippen LogP contribution >= 0.6 is 0 Å². The number of rotatable bonds is 6. The molecule has 1 amide bonds. The Morgan fingerprint density at radius 2 is 1.94 bits per heavy atom. The summed E-state index contributed by atoms with van der Waals surface area (Å²) in [6.45, 7) is 4.26. The molecule has 0 aromatic heterocycles. The molecule has 0 saturated heterocycles. The summed E-state index contributed by atoms with van der Waals surface area (Å²) < 4.78 is 4.69. The van der Waals surface area contributed by atoms with Crippen molar-refractivity contribution in [2.45, 2.75) is 26.5 Å². The summed E-state index contributed by atoms with van der Waals surface area (Å²) in [5, 5.41) is 3.32. The second-order valence-corrected chi connectivity index (χ2v) is 3.60. The molecule has 0 aliphatic carbocycles. The lowest BCUT2D eigenvalue weighted by Gasteiger charge is -2.05. The van der Waals surface area contributed by atoms with E-state index in [1.54, 1.807) is 0 Å². The first kappa shape index (κ1) is 12.5. The lowest BCUT2D eigenvalue weighted by molar-refractivity contribution is 0.150. The van der Waals surface area contributed by atoms with Crippen molar-refractivity contribution in [3.63, 3.8) is 0 Å². The first-order chi connectivity index (χ1) is 7.72. The van der Waals surface area contributed by atoms with Crippen molar-refractivity contribution in [3.05, 3.63) is 35.4 Å². The van der Waals surface area contributed by atoms with E-state index in [2.05, 4.69) is 17.0 Å². The molecule has 1 rings (SSSR count). The van der Waals surface area contributed by atoms with Gasteiger partial charge < -0.3 is 15.8 Å². The molecule has 0 atom stereocenters.